The summed E-state index contributed by atoms with van der Waals surface area (Å²) in [5.74, 6) is -0.175. The van der Waals surface area contributed by atoms with E-state index in [1.165, 1.54) is 21.9 Å². The van der Waals surface area contributed by atoms with E-state index >= 15 is 0 Å². The highest BCUT2D eigenvalue weighted by Crippen LogP contribution is 2.48. The molecule has 3 aromatic rings. The first-order valence-electron chi connectivity index (χ1n) is 11.7. The molecule has 2 unspecified atom stereocenters. The number of hydrogen-bond donors (Lipinski definition) is 0. The van der Waals surface area contributed by atoms with E-state index in [4.69, 9.17) is 9.47 Å². The molecule has 3 aliphatic heterocycles. The van der Waals surface area contributed by atoms with Gasteiger partial charge in [-0.15, -0.1) is 0 Å². The van der Waals surface area contributed by atoms with Gasteiger partial charge in [0.15, 0.2) is 0 Å². The molecule has 6 nitrogen and oxygen atoms in total. The molecule has 1 spiro atoms. The fourth-order valence-corrected chi connectivity index (χ4v) is 6.40. The van der Waals surface area contributed by atoms with Crippen LogP contribution in [0.5, 0.6) is 0 Å². The Kier molecular flexibility index (Phi) is 3.95. The minimum absolute atomic E-state index is 0.0542. The van der Waals surface area contributed by atoms with Crippen LogP contribution in [0.15, 0.2) is 60.7 Å². The van der Waals surface area contributed by atoms with E-state index in [9.17, 15) is 9.59 Å². The van der Waals surface area contributed by atoms with Crippen LogP contribution in [0.3, 0.4) is 0 Å². The normalized spacial score (nSPS) is 26.8. The maximum atomic E-state index is 13.6. The van der Waals surface area contributed by atoms with Gasteiger partial charge in [-0.2, -0.15) is 0 Å². The number of benzene rings is 3. The molecular formula is C27H24N2O4. The van der Waals surface area contributed by atoms with Gasteiger partial charge in [-0.3, -0.25) is 9.69 Å². The van der Waals surface area contributed by atoms with Crippen LogP contribution in [-0.2, 0) is 26.3 Å². The highest BCUT2D eigenvalue weighted by Gasteiger charge is 2.60. The van der Waals surface area contributed by atoms with Gasteiger partial charge >= 0.3 is 6.16 Å². The molecule has 2 fully saturated rings. The van der Waals surface area contributed by atoms with Gasteiger partial charge in [-0.25, -0.2) is 4.79 Å². The van der Waals surface area contributed by atoms with Crippen molar-refractivity contribution in [2.45, 2.75) is 36.9 Å². The zero-order valence-electron chi connectivity index (χ0n) is 18.2. The zero-order valence-corrected chi connectivity index (χ0v) is 18.2. The number of para-hydroxylation sites is 1. The second kappa shape index (κ2) is 6.81. The number of cyclic esters (lactones) is 1. The summed E-state index contributed by atoms with van der Waals surface area (Å²) in [6.07, 6.45) is 2.04. The molecule has 0 aromatic heterocycles. The summed E-state index contributed by atoms with van der Waals surface area (Å²) in [4.78, 5) is 29.8. The van der Waals surface area contributed by atoms with E-state index in [-0.39, 0.29) is 18.6 Å². The largest absolute Gasteiger partial charge is 0.509 e. The lowest BCUT2D eigenvalue weighted by atomic mass is 9.96. The Morgan fingerprint density at radius 3 is 2.48 bits per heavy atom. The maximum absolute atomic E-state index is 13.6. The van der Waals surface area contributed by atoms with Crippen LogP contribution in [0.1, 0.15) is 35.6 Å². The van der Waals surface area contributed by atoms with E-state index in [1.807, 2.05) is 29.2 Å². The first-order valence-corrected chi connectivity index (χ1v) is 11.7. The van der Waals surface area contributed by atoms with Crippen molar-refractivity contribution in [2.24, 2.45) is 0 Å². The van der Waals surface area contributed by atoms with Gasteiger partial charge in [-0.1, -0.05) is 54.6 Å². The van der Waals surface area contributed by atoms with Crippen molar-refractivity contribution in [3.8, 4) is 0 Å². The topological polar surface area (TPSA) is 59.1 Å². The van der Waals surface area contributed by atoms with Crippen molar-refractivity contribution >= 4 is 28.5 Å². The van der Waals surface area contributed by atoms with Crippen molar-refractivity contribution < 1.29 is 19.1 Å². The number of carbonyl (C=O) groups excluding carboxylic acids is 2. The molecule has 0 N–H and O–H groups in total. The Morgan fingerprint density at radius 2 is 1.70 bits per heavy atom. The molecule has 166 valence electrons. The molecule has 0 radical (unpaired) electrons. The van der Waals surface area contributed by atoms with Gasteiger partial charge in [0.05, 0.1) is 5.69 Å². The van der Waals surface area contributed by atoms with E-state index < -0.39 is 11.8 Å². The summed E-state index contributed by atoms with van der Waals surface area (Å²) in [6, 6.07) is 21.3. The van der Waals surface area contributed by atoms with Gasteiger partial charge < -0.3 is 14.4 Å². The molecule has 0 bridgehead atoms. The molecule has 6 heteroatoms. The Bertz CT molecular complexity index is 1310. The van der Waals surface area contributed by atoms with Gasteiger partial charge in [0, 0.05) is 30.7 Å². The van der Waals surface area contributed by atoms with Crippen molar-refractivity contribution in [3.05, 3.63) is 77.4 Å². The minimum atomic E-state index is -1.33. The van der Waals surface area contributed by atoms with Crippen LogP contribution in [0.2, 0.25) is 0 Å². The number of rotatable bonds is 2. The third-order valence-electron chi connectivity index (χ3n) is 7.91. The predicted octanol–water partition coefficient (Wildman–Crippen LogP) is 4.31. The molecular weight excluding hydrogens is 416 g/mol. The lowest BCUT2D eigenvalue weighted by molar-refractivity contribution is -0.133. The molecule has 3 heterocycles. The zero-order chi connectivity index (χ0) is 22.2. The van der Waals surface area contributed by atoms with Crippen LogP contribution in [0, 0.1) is 0 Å². The number of likely N-dealkylation sites (tertiary alicyclic amines) is 1. The van der Waals surface area contributed by atoms with Crippen molar-refractivity contribution in [1.29, 1.82) is 0 Å². The Hall–Kier alpha value is -3.38. The summed E-state index contributed by atoms with van der Waals surface area (Å²) in [6.45, 7) is 1.80. The van der Waals surface area contributed by atoms with Crippen LogP contribution in [0.25, 0.3) is 10.8 Å². The minimum Gasteiger partial charge on any atom is -0.429 e. The second-order valence-electron chi connectivity index (χ2n) is 9.51. The summed E-state index contributed by atoms with van der Waals surface area (Å²) in [7, 11) is 0. The number of hydrogen-bond acceptors (Lipinski definition) is 5. The van der Waals surface area contributed by atoms with E-state index in [0.717, 1.165) is 43.6 Å². The van der Waals surface area contributed by atoms with E-state index in [2.05, 4.69) is 41.3 Å². The molecule has 4 aliphatic rings. The summed E-state index contributed by atoms with van der Waals surface area (Å²) >= 11 is 0. The number of amides is 1. The molecule has 7 rings (SSSR count). The lowest BCUT2D eigenvalue weighted by Gasteiger charge is -2.40. The van der Waals surface area contributed by atoms with Crippen molar-refractivity contribution in [3.63, 3.8) is 0 Å². The summed E-state index contributed by atoms with van der Waals surface area (Å²) in [5.41, 5.74) is 3.12. The number of piperidine rings is 1. The molecule has 0 saturated carbocycles. The van der Waals surface area contributed by atoms with Gasteiger partial charge in [0.25, 0.3) is 11.5 Å². The fraction of sp³-hybridized carbons (Fsp3) is 0.333. The number of nitrogens with zero attached hydrogens (tertiary/aromatic N) is 2. The lowest BCUT2D eigenvalue weighted by Crippen LogP contribution is -2.51. The highest BCUT2D eigenvalue weighted by molar-refractivity contribution is 6.09. The molecule has 33 heavy (non-hydrogen) atoms. The smallest absolute Gasteiger partial charge is 0.429 e. The van der Waals surface area contributed by atoms with Crippen LogP contribution < -0.4 is 4.90 Å². The van der Waals surface area contributed by atoms with E-state index in [1.54, 1.807) is 0 Å². The monoisotopic (exact) mass is 440 g/mol. The fourth-order valence-electron chi connectivity index (χ4n) is 6.40. The van der Waals surface area contributed by atoms with Crippen molar-refractivity contribution in [2.75, 3.05) is 24.6 Å². The SMILES string of the molecule is O=C1OCC2(O1)C(=O)N(C1CCN(C3Cc4cccc5cccc3c45)CC1)c1ccccc12. The van der Waals surface area contributed by atoms with Gasteiger partial charge in [0.2, 0.25) is 0 Å². The van der Waals surface area contributed by atoms with Crippen LogP contribution >= 0.6 is 0 Å². The number of fused-ring (bicyclic) bond motifs is 2. The van der Waals surface area contributed by atoms with E-state index in [0.29, 0.717) is 6.04 Å². The Morgan fingerprint density at radius 1 is 0.909 bits per heavy atom. The Labute approximate surface area is 191 Å². The van der Waals surface area contributed by atoms with Gasteiger partial charge in [-0.05, 0) is 47.2 Å². The van der Waals surface area contributed by atoms with Gasteiger partial charge in [0.1, 0.15) is 6.61 Å². The molecule has 2 atom stereocenters. The predicted molar refractivity (Wildman–Crippen MR) is 123 cm³/mol. The maximum Gasteiger partial charge on any atom is 0.509 e. The second-order valence-corrected chi connectivity index (χ2v) is 9.51. The first-order chi connectivity index (χ1) is 16.2. The average Bonchev–Trinajstić information content (AvgIpc) is 3.49. The third-order valence-corrected chi connectivity index (χ3v) is 7.91. The standard InChI is InChI=1S/C27H24N2O4/c30-25-27(16-32-26(31)33-27)21-9-1-2-10-22(21)29(25)19-11-13-28(14-12-19)23-15-18-7-3-5-17-6-4-8-20(23)24(17)18/h1-10,19,23H,11-16H2. The quantitative estimate of drug-likeness (QED) is 0.556. The molecule has 1 aliphatic carbocycles. The van der Waals surface area contributed by atoms with Crippen LogP contribution in [-0.4, -0.2) is 42.7 Å². The van der Waals surface area contributed by atoms with Crippen molar-refractivity contribution in [1.82, 2.24) is 4.90 Å². The number of carbonyl (C=O) groups is 2. The number of anilines is 1. The summed E-state index contributed by atoms with van der Waals surface area (Å²) in [5, 5.41) is 2.74. The summed E-state index contributed by atoms with van der Waals surface area (Å²) < 4.78 is 10.6. The first kappa shape index (κ1) is 19.1. The molecule has 2 saturated heterocycles. The van der Waals surface area contributed by atoms with Crippen LogP contribution in [0.4, 0.5) is 10.5 Å². The number of ether oxygens (including phenoxy) is 2. The average molecular weight is 440 g/mol. The highest BCUT2D eigenvalue weighted by atomic mass is 16.8. The molecule has 1 amide bonds. The molecule has 3 aromatic carbocycles. The Balaban J connectivity index is 1.15. The third kappa shape index (κ3) is 2.58.